The monoisotopic (exact) mass is 368 g/mol. The number of quaternary nitrogens is 2. The summed E-state index contributed by atoms with van der Waals surface area (Å²) in [7, 11) is 4.37. The van der Waals surface area contributed by atoms with Gasteiger partial charge >= 0.3 is 0 Å². The van der Waals surface area contributed by atoms with Crippen molar-refractivity contribution in [1.82, 2.24) is 10.6 Å². The minimum atomic E-state index is 0.195. The molecule has 26 heavy (non-hydrogen) atoms. The SMILES string of the molecule is C[N+]1(CC(=O)NCCCCCCNC(=O)C[N+]2(C)CCCC2)CCCC1. The molecule has 6 nitrogen and oxygen atoms in total. The van der Waals surface area contributed by atoms with Gasteiger partial charge in [-0.25, -0.2) is 0 Å². The van der Waals surface area contributed by atoms with Crippen molar-refractivity contribution < 1.29 is 18.6 Å². The zero-order valence-corrected chi connectivity index (χ0v) is 17.0. The molecule has 0 aromatic heterocycles. The van der Waals surface area contributed by atoms with E-state index in [1.807, 2.05) is 0 Å². The predicted octanol–water partition coefficient (Wildman–Crippen LogP) is 1.26. The van der Waals surface area contributed by atoms with Crippen molar-refractivity contribution in [3.8, 4) is 0 Å². The number of unbranched alkanes of at least 4 members (excludes halogenated alkanes) is 3. The van der Waals surface area contributed by atoms with Crippen molar-refractivity contribution >= 4 is 11.8 Å². The highest BCUT2D eigenvalue weighted by molar-refractivity contribution is 5.77. The average Bonchev–Trinajstić information content (AvgIpc) is 3.18. The fourth-order valence-corrected chi connectivity index (χ4v) is 4.38. The van der Waals surface area contributed by atoms with Gasteiger partial charge < -0.3 is 19.6 Å². The number of likely N-dealkylation sites (tertiary alicyclic amines) is 2. The molecule has 0 aliphatic carbocycles. The Kier molecular flexibility index (Phi) is 8.35. The van der Waals surface area contributed by atoms with Gasteiger partial charge in [0.25, 0.3) is 11.8 Å². The van der Waals surface area contributed by atoms with Gasteiger partial charge in [-0.05, 0) is 12.8 Å². The standard InChI is InChI=1S/C20H38N4O2/c1-23(13-7-8-14-23)17-19(25)21-11-5-3-4-6-12-22-20(26)18-24(2)15-9-10-16-24/h3-18H2,1-2H3/p+2. The van der Waals surface area contributed by atoms with Gasteiger partial charge in [-0.2, -0.15) is 0 Å². The topological polar surface area (TPSA) is 58.2 Å². The van der Waals surface area contributed by atoms with E-state index in [0.717, 1.165) is 73.9 Å². The van der Waals surface area contributed by atoms with Crippen LogP contribution in [0.25, 0.3) is 0 Å². The first-order valence-electron chi connectivity index (χ1n) is 10.6. The van der Waals surface area contributed by atoms with E-state index in [0.29, 0.717) is 13.1 Å². The smallest absolute Gasteiger partial charge is 0.275 e. The van der Waals surface area contributed by atoms with E-state index < -0.39 is 0 Å². The third-order valence-electron chi connectivity index (χ3n) is 6.09. The number of likely N-dealkylation sites (N-methyl/N-ethyl adjacent to an activating group) is 2. The maximum absolute atomic E-state index is 12.0. The number of hydrogen-bond donors (Lipinski definition) is 2. The second-order valence-electron chi connectivity index (χ2n) is 8.98. The second-order valence-corrected chi connectivity index (χ2v) is 8.98. The van der Waals surface area contributed by atoms with E-state index in [1.165, 1.54) is 25.7 Å². The van der Waals surface area contributed by atoms with Crippen LogP contribution in [0.3, 0.4) is 0 Å². The summed E-state index contributed by atoms with van der Waals surface area (Å²) in [5.41, 5.74) is 0. The highest BCUT2D eigenvalue weighted by Gasteiger charge is 2.30. The summed E-state index contributed by atoms with van der Waals surface area (Å²) in [6, 6.07) is 0. The minimum absolute atomic E-state index is 0.195. The van der Waals surface area contributed by atoms with E-state index >= 15 is 0 Å². The molecule has 150 valence electrons. The van der Waals surface area contributed by atoms with Crippen LogP contribution in [0, 0.1) is 0 Å². The Morgan fingerprint density at radius 2 is 1.00 bits per heavy atom. The highest BCUT2D eigenvalue weighted by Crippen LogP contribution is 2.16. The van der Waals surface area contributed by atoms with Crippen molar-refractivity contribution in [2.24, 2.45) is 0 Å². The summed E-state index contributed by atoms with van der Waals surface area (Å²) < 4.78 is 1.81. The van der Waals surface area contributed by atoms with Gasteiger partial charge in [0.15, 0.2) is 13.1 Å². The first kappa shape index (κ1) is 21.2. The first-order valence-corrected chi connectivity index (χ1v) is 10.6. The third kappa shape index (κ3) is 7.62. The molecule has 0 saturated carbocycles. The van der Waals surface area contributed by atoms with Crippen LogP contribution >= 0.6 is 0 Å². The summed E-state index contributed by atoms with van der Waals surface area (Å²) in [5, 5.41) is 6.12. The van der Waals surface area contributed by atoms with Gasteiger partial charge in [0.2, 0.25) is 0 Å². The maximum Gasteiger partial charge on any atom is 0.275 e. The molecular weight excluding hydrogens is 328 g/mol. The molecule has 0 aromatic rings. The zero-order chi connectivity index (χ0) is 18.9. The minimum Gasteiger partial charge on any atom is -0.351 e. The number of nitrogens with zero attached hydrogens (tertiary/aromatic N) is 2. The Morgan fingerprint density at radius 3 is 1.35 bits per heavy atom. The molecular formula is C20H40N4O2+2. The summed E-state index contributed by atoms with van der Waals surface area (Å²) in [4.78, 5) is 24.0. The van der Waals surface area contributed by atoms with Gasteiger partial charge in [0.05, 0.1) is 40.3 Å². The van der Waals surface area contributed by atoms with Crippen molar-refractivity contribution in [2.45, 2.75) is 51.4 Å². The second kappa shape index (κ2) is 10.3. The Morgan fingerprint density at radius 1 is 0.654 bits per heavy atom. The van der Waals surface area contributed by atoms with E-state index in [4.69, 9.17) is 0 Å². The van der Waals surface area contributed by atoms with Gasteiger partial charge in [-0.1, -0.05) is 12.8 Å². The lowest BCUT2D eigenvalue weighted by molar-refractivity contribution is -0.889. The number of carbonyl (C=O) groups excluding carboxylic acids is 2. The van der Waals surface area contributed by atoms with Crippen LogP contribution < -0.4 is 10.6 Å². The Labute approximate surface area is 159 Å². The molecule has 0 unspecified atom stereocenters. The van der Waals surface area contributed by atoms with Crippen molar-refractivity contribution in [2.75, 3.05) is 66.5 Å². The molecule has 2 N–H and O–H groups in total. The lowest BCUT2D eigenvalue weighted by Gasteiger charge is -2.28. The molecule has 2 heterocycles. The Hall–Kier alpha value is -1.14. The van der Waals surface area contributed by atoms with E-state index in [1.54, 1.807) is 0 Å². The van der Waals surface area contributed by atoms with Crippen LogP contribution in [-0.4, -0.2) is 87.2 Å². The van der Waals surface area contributed by atoms with Crippen LogP contribution in [0.5, 0.6) is 0 Å². The molecule has 2 saturated heterocycles. The van der Waals surface area contributed by atoms with Gasteiger partial charge in [0.1, 0.15) is 0 Å². The van der Waals surface area contributed by atoms with Crippen LogP contribution in [0.1, 0.15) is 51.4 Å². The van der Waals surface area contributed by atoms with E-state index in [2.05, 4.69) is 24.7 Å². The maximum atomic E-state index is 12.0. The third-order valence-corrected chi connectivity index (χ3v) is 6.09. The number of amides is 2. The molecule has 2 aliphatic rings. The lowest BCUT2D eigenvalue weighted by atomic mass is 10.2. The van der Waals surface area contributed by atoms with Crippen LogP contribution in [0.4, 0.5) is 0 Å². The highest BCUT2D eigenvalue weighted by atomic mass is 16.2. The zero-order valence-electron chi connectivity index (χ0n) is 17.0. The summed E-state index contributed by atoms with van der Waals surface area (Å²) >= 11 is 0. The van der Waals surface area contributed by atoms with Crippen molar-refractivity contribution in [3.05, 3.63) is 0 Å². The molecule has 0 atom stereocenters. The van der Waals surface area contributed by atoms with Gasteiger partial charge in [-0.3, -0.25) is 9.59 Å². The van der Waals surface area contributed by atoms with Gasteiger partial charge in [0, 0.05) is 38.8 Å². The predicted molar refractivity (Wildman–Crippen MR) is 105 cm³/mol. The van der Waals surface area contributed by atoms with E-state index in [-0.39, 0.29) is 11.8 Å². The van der Waals surface area contributed by atoms with Crippen LogP contribution in [0.2, 0.25) is 0 Å². The quantitative estimate of drug-likeness (QED) is 0.426. The molecule has 6 heteroatoms. The van der Waals surface area contributed by atoms with Crippen molar-refractivity contribution in [3.63, 3.8) is 0 Å². The molecule has 2 rings (SSSR count). The number of rotatable bonds is 11. The largest absolute Gasteiger partial charge is 0.351 e. The Bertz CT molecular complexity index is 413. The van der Waals surface area contributed by atoms with Gasteiger partial charge in [-0.15, -0.1) is 0 Å². The van der Waals surface area contributed by atoms with Crippen LogP contribution in [-0.2, 0) is 9.59 Å². The first-order chi connectivity index (χ1) is 12.4. The number of nitrogens with one attached hydrogen (secondary N) is 2. The summed E-state index contributed by atoms with van der Waals surface area (Å²) in [6.07, 6.45) is 9.26. The Balaban J connectivity index is 1.41. The summed E-state index contributed by atoms with van der Waals surface area (Å²) in [5.74, 6) is 0.389. The van der Waals surface area contributed by atoms with Crippen molar-refractivity contribution in [1.29, 1.82) is 0 Å². The molecule has 2 aliphatic heterocycles. The molecule has 2 amide bonds. The summed E-state index contributed by atoms with van der Waals surface area (Å²) in [6.45, 7) is 7.36. The molecule has 0 radical (unpaired) electrons. The lowest BCUT2D eigenvalue weighted by Crippen LogP contribution is -2.48. The molecule has 0 aromatic carbocycles. The average molecular weight is 369 g/mol. The molecule has 0 spiro atoms. The fourth-order valence-electron chi connectivity index (χ4n) is 4.38. The number of hydrogen-bond acceptors (Lipinski definition) is 2. The van der Waals surface area contributed by atoms with E-state index in [9.17, 15) is 9.59 Å². The van der Waals surface area contributed by atoms with Crippen LogP contribution in [0.15, 0.2) is 0 Å². The number of carbonyl (C=O) groups is 2. The molecule has 0 bridgehead atoms. The molecule has 2 fully saturated rings. The normalized spacial score (nSPS) is 20.8. The fraction of sp³-hybridized carbons (Fsp3) is 0.900.